The standard InChI is InChI=1S/C19H44N2O2Si2/c1-24(2,3)15-16-25(4,5)14-8-13-23-18-19(22)17-20-9-12-21-10-6-7-11-21/h19-20,22H,6-18H2,1-5H3. The third-order valence-corrected chi connectivity index (χ3v) is 10.7. The predicted octanol–water partition coefficient (Wildman–Crippen LogP) is 3.49. The normalized spacial score (nSPS) is 18.0. The molecule has 0 aromatic heterocycles. The number of ether oxygens (including phenoxy) is 1. The van der Waals surface area contributed by atoms with E-state index < -0.39 is 16.1 Å². The van der Waals surface area contributed by atoms with Gasteiger partial charge in [-0.2, -0.15) is 0 Å². The first-order valence-corrected chi connectivity index (χ1v) is 17.5. The highest BCUT2D eigenvalue weighted by atomic mass is 28.3. The average Bonchev–Trinajstić information content (AvgIpc) is 3.02. The number of hydrogen-bond donors (Lipinski definition) is 2. The fourth-order valence-corrected chi connectivity index (χ4v) is 10.3. The van der Waals surface area contributed by atoms with Gasteiger partial charge in [-0.1, -0.05) is 50.9 Å². The Labute approximate surface area is 158 Å². The van der Waals surface area contributed by atoms with Gasteiger partial charge in [0.15, 0.2) is 0 Å². The Morgan fingerprint density at radius 1 is 1.04 bits per heavy atom. The van der Waals surface area contributed by atoms with Gasteiger partial charge in [-0.15, -0.1) is 0 Å². The molecule has 150 valence electrons. The van der Waals surface area contributed by atoms with Gasteiger partial charge in [0.1, 0.15) is 0 Å². The molecule has 0 aliphatic carbocycles. The zero-order chi connectivity index (χ0) is 18.8. The van der Waals surface area contributed by atoms with Crippen molar-refractivity contribution in [3.8, 4) is 0 Å². The van der Waals surface area contributed by atoms with Crippen LogP contribution in [0.2, 0.25) is 50.9 Å². The van der Waals surface area contributed by atoms with E-state index in [-0.39, 0.29) is 6.10 Å². The highest BCUT2D eigenvalue weighted by Crippen LogP contribution is 2.24. The first-order chi connectivity index (χ1) is 11.7. The van der Waals surface area contributed by atoms with Crippen LogP contribution in [0.5, 0.6) is 0 Å². The van der Waals surface area contributed by atoms with Crippen molar-refractivity contribution in [2.24, 2.45) is 0 Å². The van der Waals surface area contributed by atoms with Gasteiger partial charge in [0.2, 0.25) is 0 Å². The van der Waals surface area contributed by atoms with E-state index in [0.29, 0.717) is 13.2 Å². The van der Waals surface area contributed by atoms with Gasteiger partial charge in [0, 0.05) is 42.4 Å². The van der Waals surface area contributed by atoms with Gasteiger partial charge >= 0.3 is 0 Å². The largest absolute Gasteiger partial charge is 0.389 e. The molecule has 1 saturated heterocycles. The molecule has 25 heavy (non-hydrogen) atoms. The van der Waals surface area contributed by atoms with Crippen molar-refractivity contribution in [3.63, 3.8) is 0 Å². The lowest BCUT2D eigenvalue weighted by Gasteiger charge is -2.26. The molecule has 0 bridgehead atoms. The van der Waals surface area contributed by atoms with E-state index in [0.717, 1.165) is 26.1 Å². The van der Waals surface area contributed by atoms with Crippen molar-refractivity contribution >= 4 is 16.1 Å². The maximum atomic E-state index is 9.99. The quantitative estimate of drug-likeness (QED) is 0.353. The Morgan fingerprint density at radius 3 is 2.36 bits per heavy atom. The lowest BCUT2D eigenvalue weighted by atomic mass is 10.3. The summed E-state index contributed by atoms with van der Waals surface area (Å²) in [6.07, 6.45) is 3.46. The molecule has 1 heterocycles. The minimum atomic E-state index is -1.05. The summed E-state index contributed by atoms with van der Waals surface area (Å²) in [6.45, 7) is 18.9. The monoisotopic (exact) mass is 388 g/mol. The van der Waals surface area contributed by atoms with Crippen LogP contribution in [0.15, 0.2) is 0 Å². The van der Waals surface area contributed by atoms with Crippen LogP contribution in [0.4, 0.5) is 0 Å². The molecule has 1 aliphatic heterocycles. The third kappa shape index (κ3) is 13.1. The molecule has 6 heteroatoms. The summed E-state index contributed by atoms with van der Waals surface area (Å²) in [5.74, 6) is 0. The van der Waals surface area contributed by atoms with E-state index in [9.17, 15) is 5.11 Å². The second kappa shape index (κ2) is 11.9. The minimum absolute atomic E-state index is 0.379. The first kappa shape index (κ1) is 23.3. The molecule has 0 radical (unpaired) electrons. The fourth-order valence-electron chi connectivity index (χ4n) is 3.28. The van der Waals surface area contributed by atoms with Crippen molar-refractivity contribution in [1.29, 1.82) is 0 Å². The summed E-state index contributed by atoms with van der Waals surface area (Å²) in [4.78, 5) is 2.49. The summed E-state index contributed by atoms with van der Waals surface area (Å²) >= 11 is 0. The van der Waals surface area contributed by atoms with E-state index >= 15 is 0 Å². The Balaban J connectivity index is 1.95. The summed E-state index contributed by atoms with van der Waals surface area (Å²) in [5.41, 5.74) is 0. The molecule has 0 spiro atoms. The van der Waals surface area contributed by atoms with E-state index in [1.165, 1.54) is 44.1 Å². The predicted molar refractivity (Wildman–Crippen MR) is 115 cm³/mol. The second-order valence-corrected chi connectivity index (χ2v) is 20.8. The lowest BCUT2D eigenvalue weighted by molar-refractivity contribution is 0.0371. The number of nitrogens with one attached hydrogen (secondary N) is 1. The number of aliphatic hydroxyl groups is 1. The SMILES string of the molecule is C[Si](C)(C)CC[Si](C)(C)CCCOCC(O)CNCCN1CCCC1. The summed E-state index contributed by atoms with van der Waals surface area (Å²) in [6, 6.07) is 4.28. The molecule has 4 nitrogen and oxygen atoms in total. The molecule has 0 aromatic rings. The van der Waals surface area contributed by atoms with Crippen LogP contribution in [0.3, 0.4) is 0 Å². The highest BCUT2D eigenvalue weighted by Gasteiger charge is 2.23. The molecule has 0 amide bonds. The fraction of sp³-hybridized carbons (Fsp3) is 1.00. The molecule has 1 atom stereocenters. The van der Waals surface area contributed by atoms with Gasteiger partial charge in [-0.05, 0) is 32.4 Å². The second-order valence-electron chi connectivity index (χ2n) is 9.81. The van der Waals surface area contributed by atoms with Crippen LogP contribution >= 0.6 is 0 Å². The van der Waals surface area contributed by atoms with Gasteiger partial charge in [0.25, 0.3) is 0 Å². The van der Waals surface area contributed by atoms with Crippen LogP contribution in [0.1, 0.15) is 19.3 Å². The number of nitrogens with zero attached hydrogens (tertiary/aromatic N) is 1. The molecule has 1 rings (SSSR count). The first-order valence-electron chi connectivity index (χ1n) is 10.4. The summed E-state index contributed by atoms with van der Waals surface area (Å²) < 4.78 is 5.70. The zero-order valence-corrected chi connectivity index (χ0v) is 19.6. The molecule has 1 unspecified atom stereocenters. The average molecular weight is 389 g/mol. The van der Waals surface area contributed by atoms with Gasteiger partial charge in [0.05, 0.1) is 12.7 Å². The topological polar surface area (TPSA) is 44.7 Å². The molecule has 0 saturated carbocycles. The molecule has 1 aliphatic rings. The van der Waals surface area contributed by atoms with E-state index in [1.807, 2.05) is 0 Å². The molecule has 0 aromatic carbocycles. The van der Waals surface area contributed by atoms with Crippen molar-refractivity contribution in [2.75, 3.05) is 45.9 Å². The van der Waals surface area contributed by atoms with E-state index in [1.54, 1.807) is 0 Å². The Kier molecular flexibility index (Phi) is 11.1. The molecule has 2 N–H and O–H groups in total. The Bertz CT molecular complexity index is 343. The number of aliphatic hydroxyl groups excluding tert-OH is 1. The van der Waals surface area contributed by atoms with Crippen LogP contribution in [-0.4, -0.2) is 78.2 Å². The number of likely N-dealkylation sites (tertiary alicyclic amines) is 1. The summed E-state index contributed by atoms with van der Waals surface area (Å²) in [5, 5.41) is 13.3. The number of hydrogen-bond acceptors (Lipinski definition) is 4. The third-order valence-electron chi connectivity index (χ3n) is 5.19. The highest BCUT2D eigenvalue weighted by molar-refractivity contribution is 6.82. The molecular formula is C19H44N2O2Si2. The smallest absolute Gasteiger partial charge is 0.0897 e. The number of rotatable bonds is 14. The minimum Gasteiger partial charge on any atom is -0.389 e. The van der Waals surface area contributed by atoms with Crippen LogP contribution < -0.4 is 5.32 Å². The van der Waals surface area contributed by atoms with Crippen molar-refractivity contribution in [1.82, 2.24) is 10.2 Å². The van der Waals surface area contributed by atoms with Gasteiger partial charge in [-0.3, -0.25) is 0 Å². The Morgan fingerprint density at radius 2 is 1.72 bits per heavy atom. The Hall–Kier alpha value is 0.274. The van der Waals surface area contributed by atoms with Crippen LogP contribution in [0.25, 0.3) is 0 Å². The van der Waals surface area contributed by atoms with Crippen LogP contribution in [0, 0.1) is 0 Å². The van der Waals surface area contributed by atoms with E-state index in [2.05, 4.69) is 43.0 Å². The van der Waals surface area contributed by atoms with Gasteiger partial charge in [-0.25, -0.2) is 0 Å². The maximum Gasteiger partial charge on any atom is 0.0897 e. The summed E-state index contributed by atoms with van der Waals surface area (Å²) in [7, 11) is -1.95. The van der Waals surface area contributed by atoms with Gasteiger partial charge < -0.3 is 20.1 Å². The lowest BCUT2D eigenvalue weighted by Crippen LogP contribution is -2.36. The van der Waals surface area contributed by atoms with E-state index in [4.69, 9.17) is 4.74 Å². The maximum absolute atomic E-state index is 9.99. The zero-order valence-electron chi connectivity index (χ0n) is 17.6. The molecular weight excluding hydrogens is 344 g/mol. The van der Waals surface area contributed by atoms with Crippen molar-refractivity contribution in [3.05, 3.63) is 0 Å². The van der Waals surface area contributed by atoms with Crippen molar-refractivity contribution in [2.45, 2.75) is 76.2 Å². The molecule has 1 fully saturated rings. The van der Waals surface area contributed by atoms with Crippen molar-refractivity contribution < 1.29 is 9.84 Å². The van der Waals surface area contributed by atoms with Crippen LogP contribution in [-0.2, 0) is 4.74 Å².